The van der Waals surface area contributed by atoms with E-state index < -0.39 is 0 Å². The molecule has 0 aliphatic heterocycles. The van der Waals surface area contributed by atoms with Crippen molar-refractivity contribution in [1.82, 2.24) is 14.3 Å². The van der Waals surface area contributed by atoms with Crippen LogP contribution in [-0.4, -0.2) is 20.9 Å². The third-order valence-corrected chi connectivity index (χ3v) is 4.03. The number of hydrogen-bond acceptors (Lipinski definition) is 5. The minimum Gasteiger partial charge on any atom is -0.374 e. The van der Waals surface area contributed by atoms with Crippen LogP contribution in [0.2, 0.25) is 5.15 Å². The summed E-state index contributed by atoms with van der Waals surface area (Å²) < 4.78 is 3.95. The first-order valence-electron chi connectivity index (χ1n) is 6.00. The highest BCUT2D eigenvalue weighted by Gasteiger charge is 2.11. The van der Waals surface area contributed by atoms with E-state index in [4.69, 9.17) is 16.9 Å². The molecule has 2 heterocycles. The van der Waals surface area contributed by atoms with Crippen LogP contribution in [0.25, 0.3) is 11.0 Å². The van der Waals surface area contributed by atoms with E-state index in [1.807, 2.05) is 30.3 Å². The Morgan fingerprint density at radius 2 is 2.25 bits per heavy atom. The smallest absolute Gasteiger partial charge is 0.162 e. The number of hydrogen-bond donors (Lipinski definition) is 2. The van der Waals surface area contributed by atoms with E-state index in [9.17, 15) is 0 Å². The van der Waals surface area contributed by atoms with Crippen molar-refractivity contribution in [3.05, 3.63) is 40.8 Å². The Hall–Kier alpha value is -2.10. The van der Waals surface area contributed by atoms with Gasteiger partial charge in [0.1, 0.15) is 22.5 Å². The molecule has 0 amide bonds. The summed E-state index contributed by atoms with van der Waals surface area (Å²) in [5.74, 6) is 0.910. The van der Waals surface area contributed by atoms with Crippen molar-refractivity contribution in [2.45, 2.75) is 6.42 Å². The average molecular weight is 304 g/mol. The number of aromatic nitrogens is 3. The van der Waals surface area contributed by atoms with E-state index in [1.165, 1.54) is 11.5 Å². The molecule has 2 aromatic heterocycles. The van der Waals surface area contributed by atoms with Gasteiger partial charge in [0.2, 0.25) is 0 Å². The molecule has 3 aromatic rings. The van der Waals surface area contributed by atoms with Crippen molar-refractivity contribution in [2.24, 2.45) is 0 Å². The molecular weight excluding hydrogens is 294 g/mol. The Kier molecular flexibility index (Phi) is 3.54. The Bertz CT molecular complexity index is 753. The Balaban J connectivity index is 1.66. The first-order chi connectivity index (χ1) is 9.78. The summed E-state index contributed by atoms with van der Waals surface area (Å²) >= 11 is 7.01. The van der Waals surface area contributed by atoms with E-state index in [1.54, 1.807) is 0 Å². The lowest BCUT2D eigenvalue weighted by atomic mass is 10.3. The van der Waals surface area contributed by atoms with E-state index in [0.717, 1.165) is 23.3 Å². The van der Waals surface area contributed by atoms with Gasteiger partial charge in [0.15, 0.2) is 5.15 Å². The van der Waals surface area contributed by atoms with E-state index in [-0.39, 0.29) is 5.15 Å². The first-order valence-corrected chi connectivity index (χ1v) is 7.16. The summed E-state index contributed by atoms with van der Waals surface area (Å²) in [6, 6.07) is 9.95. The minimum absolute atomic E-state index is 0.253. The van der Waals surface area contributed by atoms with Crippen LogP contribution in [0, 0.1) is 11.3 Å². The van der Waals surface area contributed by atoms with Gasteiger partial charge in [0, 0.05) is 13.0 Å². The van der Waals surface area contributed by atoms with Crippen LogP contribution in [0.5, 0.6) is 0 Å². The van der Waals surface area contributed by atoms with Gasteiger partial charge in [-0.05, 0) is 23.7 Å². The lowest BCUT2D eigenvalue weighted by molar-refractivity contribution is 0.937. The highest BCUT2D eigenvalue weighted by atomic mass is 35.5. The number of H-pyrrole nitrogens is 1. The quantitative estimate of drug-likeness (QED) is 0.776. The molecule has 0 atom stereocenters. The predicted octanol–water partition coefficient (Wildman–Crippen LogP) is 3.20. The largest absolute Gasteiger partial charge is 0.374 e. The second-order valence-corrected chi connectivity index (χ2v) is 5.30. The van der Waals surface area contributed by atoms with Crippen LogP contribution in [-0.2, 0) is 6.42 Å². The molecule has 0 unspecified atom stereocenters. The third-order valence-electron chi connectivity index (χ3n) is 2.85. The minimum atomic E-state index is 0.253. The zero-order chi connectivity index (χ0) is 13.9. The highest BCUT2D eigenvalue weighted by Crippen LogP contribution is 2.27. The van der Waals surface area contributed by atoms with Gasteiger partial charge < -0.3 is 10.3 Å². The molecule has 7 heteroatoms. The molecule has 5 nitrogen and oxygen atoms in total. The summed E-state index contributed by atoms with van der Waals surface area (Å²) in [7, 11) is 0. The fourth-order valence-electron chi connectivity index (χ4n) is 1.91. The van der Waals surface area contributed by atoms with Gasteiger partial charge >= 0.3 is 0 Å². The van der Waals surface area contributed by atoms with Gasteiger partial charge in [-0.25, -0.2) is 4.98 Å². The number of nitriles is 1. The maximum absolute atomic E-state index is 8.97. The first kappa shape index (κ1) is 12.9. The molecule has 1 aromatic carbocycles. The van der Waals surface area contributed by atoms with Crippen molar-refractivity contribution in [3.8, 4) is 6.07 Å². The van der Waals surface area contributed by atoms with Crippen molar-refractivity contribution in [2.75, 3.05) is 11.9 Å². The van der Waals surface area contributed by atoms with Crippen LogP contribution < -0.4 is 5.32 Å². The van der Waals surface area contributed by atoms with Crippen LogP contribution in [0.3, 0.4) is 0 Å². The lowest BCUT2D eigenvalue weighted by Gasteiger charge is -2.01. The summed E-state index contributed by atoms with van der Waals surface area (Å²) in [4.78, 5) is 7.75. The van der Waals surface area contributed by atoms with Gasteiger partial charge in [0.25, 0.3) is 0 Å². The van der Waals surface area contributed by atoms with E-state index >= 15 is 0 Å². The van der Waals surface area contributed by atoms with Crippen molar-refractivity contribution < 1.29 is 0 Å². The highest BCUT2D eigenvalue weighted by molar-refractivity contribution is 7.10. The molecular formula is C13H10ClN5S. The standard InChI is InChI=1S/C13H10ClN5S/c14-12-8(7-15)13(20-19-12)16-6-5-11-17-9-3-1-2-4-10(9)18-11/h1-4,16H,5-6H2,(H,17,18). The van der Waals surface area contributed by atoms with Crippen LogP contribution >= 0.6 is 23.1 Å². The average Bonchev–Trinajstić information content (AvgIpc) is 3.02. The Labute approximate surface area is 124 Å². The fourth-order valence-corrected chi connectivity index (χ4v) is 2.87. The molecule has 0 aliphatic rings. The van der Waals surface area contributed by atoms with Crippen LogP contribution in [0.4, 0.5) is 5.00 Å². The monoisotopic (exact) mass is 303 g/mol. The Morgan fingerprint density at radius 1 is 1.40 bits per heavy atom. The number of fused-ring (bicyclic) bond motifs is 1. The van der Waals surface area contributed by atoms with Crippen LogP contribution in [0.1, 0.15) is 11.4 Å². The second-order valence-electron chi connectivity index (χ2n) is 4.17. The number of benzene rings is 1. The number of halogens is 1. The fraction of sp³-hybridized carbons (Fsp3) is 0.154. The van der Waals surface area contributed by atoms with Crippen LogP contribution in [0.15, 0.2) is 24.3 Å². The predicted molar refractivity (Wildman–Crippen MR) is 80.1 cm³/mol. The van der Waals surface area contributed by atoms with E-state index in [0.29, 0.717) is 17.1 Å². The number of para-hydroxylation sites is 2. The molecule has 0 fully saturated rings. The van der Waals surface area contributed by atoms with Gasteiger partial charge in [-0.2, -0.15) is 9.64 Å². The van der Waals surface area contributed by atoms with Gasteiger partial charge in [-0.1, -0.05) is 23.7 Å². The SMILES string of the molecule is N#Cc1c(Cl)nsc1NCCc1nc2ccccc2[nH]1. The molecule has 3 rings (SSSR count). The molecule has 0 bridgehead atoms. The number of nitrogens with one attached hydrogen (secondary N) is 2. The molecule has 20 heavy (non-hydrogen) atoms. The zero-order valence-electron chi connectivity index (χ0n) is 10.4. The summed E-state index contributed by atoms with van der Waals surface area (Å²) in [5, 5.41) is 13.1. The molecule has 0 spiro atoms. The van der Waals surface area contributed by atoms with E-state index in [2.05, 4.69) is 19.7 Å². The summed E-state index contributed by atoms with van der Waals surface area (Å²) in [5.41, 5.74) is 2.39. The number of anilines is 1. The van der Waals surface area contributed by atoms with Gasteiger partial charge in [0.05, 0.1) is 11.0 Å². The molecule has 0 aliphatic carbocycles. The number of nitrogens with zero attached hydrogens (tertiary/aromatic N) is 3. The summed E-state index contributed by atoms with van der Waals surface area (Å²) in [6.45, 7) is 0.660. The molecule has 0 saturated heterocycles. The maximum Gasteiger partial charge on any atom is 0.162 e. The topological polar surface area (TPSA) is 77.4 Å². The molecule has 0 radical (unpaired) electrons. The normalized spacial score (nSPS) is 10.6. The second kappa shape index (κ2) is 5.49. The third kappa shape index (κ3) is 2.46. The van der Waals surface area contributed by atoms with Crippen molar-refractivity contribution in [3.63, 3.8) is 0 Å². The Morgan fingerprint density at radius 3 is 3.05 bits per heavy atom. The lowest BCUT2D eigenvalue weighted by Crippen LogP contribution is -2.05. The maximum atomic E-state index is 8.97. The summed E-state index contributed by atoms with van der Waals surface area (Å²) in [6.07, 6.45) is 0.731. The zero-order valence-corrected chi connectivity index (χ0v) is 11.9. The number of imidazole rings is 1. The van der Waals surface area contributed by atoms with Crippen molar-refractivity contribution >= 4 is 39.2 Å². The molecule has 0 saturated carbocycles. The number of aromatic amines is 1. The van der Waals surface area contributed by atoms with Gasteiger partial charge in [-0.15, -0.1) is 0 Å². The molecule has 2 N–H and O–H groups in total. The number of rotatable bonds is 4. The van der Waals surface area contributed by atoms with Crippen molar-refractivity contribution in [1.29, 1.82) is 5.26 Å². The molecule has 100 valence electrons. The van der Waals surface area contributed by atoms with Gasteiger partial charge in [-0.3, -0.25) is 0 Å².